The van der Waals surface area contributed by atoms with Gasteiger partial charge in [0.2, 0.25) is 0 Å². The van der Waals surface area contributed by atoms with Gasteiger partial charge in [-0.1, -0.05) is 5.21 Å². The second kappa shape index (κ2) is 5.38. The number of aryl methyl sites for hydroxylation is 1. The average Bonchev–Trinajstić information content (AvgIpc) is 2.49. The SMILES string of the molecule is CN(C)CC(C)(O)CNCc1cnnn1C. The highest BCUT2D eigenvalue weighted by Gasteiger charge is 2.20. The molecule has 92 valence electrons. The van der Waals surface area contributed by atoms with E-state index in [2.05, 4.69) is 15.6 Å². The fourth-order valence-electron chi connectivity index (χ4n) is 1.67. The van der Waals surface area contributed by atoms with Crippen molar-refractivity contribution in [1.82, 2.24) is 25.2 Å². The van der Waals surface area contributed by atoms with Crippen molar-refractivity contribution in [3.05, 3.63) is 11.9 Å². The Hall–Kier alpha value is -0.980. The third-order valence-corrected chi connectivity index (χ3v) is 2.28. The van der Waals surface area contributed by atoms with Gasteiger partial charge in [0.25, 0.3) is 0 Å². The predicted octanol–water partition coefficient (Wildman–Crippen LogP) is -0.783. The summed E-state index contributed by atoms with van der Waals surface area (Å²) in [4.78, 5) is 1.97. The summed E-state index contributed by atoms with van der Waals surface area (Å²) in [5, 5.41) is 20.9. The monoisotopic (exact) mass is 227 g/mol. The molecule has 6 nitrogen and oxygen atoms in total. The van der Waals surface area contributed by atoms with Gasteiger partial charge in [0.05, 0.1) is 17.5 Å². The Labute approximate surface area is 96.3 Å². The van der Waals surface area contributed by atoms with Crippen LogP contribution in [0.25, 0.3) is 0 Å². The topological polar surface area (TPSA) is 66.2 Å². The lowest BCUT2D eigenvalue weighted by molar-refractivity contribution is 0.0334. The molecule has 6 heteroatoms. The number of nitrogens with one attached hydrogen (secondary N) is 1. The minimum absolute atomic E-state index is 0.538. The molecule has 0 saturated carbocycles. The summed E-state index contributed by atoms with van der Waals surface area (Å²) in [5.41, 5.74) is 0.274. The molecule has 1 aromatic heterocycles. The Morgan fingerprint density at radius 1 is 1.56 bits per heavy atom. The quantitative estimate of drug-likeness (QED) is 0.667. The van der Waals surface area contributed by atoms with Crippen LogP contribution in [-0.4, -0.2) is 57.8 Å². The number of hydrogen-bond donors (Lipinski definition) is 2. The number of likely N-dealkylation sites (N-methyl/N-ethyl adjacent to an activating group) is 1. The van der Waals surface area contributed by atoms with Crippen molar-refractivity contribution in [3.8, 4) is 0 Å². The summed E-state index contributed by atoms with van der Waals surface area (Å²) in [6, 6.07) is 0. The third kappa shape index (κ3) is 4.26. The van der Waals surface area contributed by atoms with Crippen molar-refractivity contribution in [2.75, 3.05) is 27.2 Å². The maximum Gasteiger partial charge on any atom is 0.0869 e. The van der Waals surface area contributed by atoms with E-state index in [9.17, 15) is 5.11 Å². The zero-order valence-electron chi connectivity index (χ0n) is 10.4. The summed E-state index contributed by atoms with van der Waals surface area (Å²) >= 11 is 0. The summed E-state index contributed by atoms with van der Waals surface area (Å²) in [6.45, 7) is 3.65. The van der Waals surface area contributed by atoms with E-state index in [1.165, 1.54) is 0 Å². The maximum absolute atomic E-state index is 10.0. The Morgan fingerprint density at radius 2 is 2.25 bits per heavy atom. The molecule has 0 saturated heterocycles. The highest BCUT2D eigenvalue weighted by molar-refractivity contribution is 4.93. The Balaban J connectivity index is 2.32. The molecule has 1 heterocycles. The molecule has 0 spiro atoms. The first-order chi connectivity index (χ1) is 7.41. The first kappa shape index (κ1) is 13.1. The van der Waals surface area contributed by atoms with Gasteiger partial charge in [-0.3, -0.25) is 4.68 Å². The Morgan fingerprint density at radius 3 is 2.75 bits per heavy atom. The zero-order valence-corrected chi connectivity index (χ0v) is 10.4. The number of aliphatic hydroxyl groups is 1. The molecule has 0 aliphatic carbocycles. The molecule has 1 rings (SSSR count). The molecule has 0 aromatic carbocycles. The molecule has 0 bridgehead atoms. The Kier molecular flexibility index (Phi) is 4.40. The van der Waals surface area contributed by atoms with Gasteiger partial charge in [0, 0.05) is 26.7 Å². The highest BCUT2D eigenvalue weighted by atomic mass is 16.3. The molecule has 1 atom stereocenters. The van der Waals surface area contributed by atoms with Crippen LogP contribution in [0.4, 0.5) is 0 Å². The molecule has 0 aliphatic rings. The van der Waals surface area contributed by atoms with Crippen molar-refractivity contribution in [2.45, 2.75) is 19.1 Å². The molecule has 1 unspecified atom stereocenters. The molecule has 0 aliphatic heterocycles. The van der Waals surface area contributed by atoms with E-state index in [0.717, 1.165) is 5.69 Å². The minimum Gasteiger partial charge on any atom is -0.388 e. The standard InChI is InChI=1S/C10H21N5O/c1-10(16,8-14(2)3)7-11-5-9-6-12-13-15(9)4/h6,11,16H,5,7-8H2,1-4H3. The van der Waals surface area contributed by atoms with Crippen LogP contribution in [0.2, 0.25) is 0 Å². The van der Waals surface area contributed by atoms with Gasteiger partial charge in [0.1, 0.15) is 0 Å². The van der Waals surface area contributed by atoms with E-state index in [0.29, 0.717) is 19.6 Å². The van der Waals surface area contributed by atoms with E-state index in [-0.39, 0.29) is 0 Å². The van der Waals surface area contributed by atoms with Crippen LogP contribution in [0.15, 0.2) is 6.20 Å². The van der Waals surface area contributed by atoms with Crippen molar-refractivity contribution in [3.63, 3.8) is 0 Å². The van der Waals surface area contributed by atoms with Gasteiger partial charge < -0.3 is 15.3 Å². The third-order valence-electron chi connectivity index (χ3n) is 2.28. The van der Waals surface area contributed by atoms with Crippen LogP contribution in [0.5, 0.6) is 0 Å². The number of nitrogens with zero attached hydrogens (tertiary/aromatic N) is 4. The van der Waals surface area contributed by atoms with E-state index >= 15 is 0 Å². The first-order valence-electron chi connectivity index (χ1n) is 5.32. The lowest BCUT2D eigenvalue weighted by atomic mass is 10.1. The van der Waals surface area contributed by atoms with Crippen LogP contribution >= 0.6 is 0 Å². The van der Waals surface area contributed by atoms with E-state index < -0.39 is 5.60 Å². The highest BCUT2D eigenvalue weighted by Crippen LogP contribution is 2.03. The van der Waals surface area contributed by atoms with Crippen LogP contribution in [-0.2, 0) is 13.6 Å². The van der Waals surface area contributed by atoms with E-state index in [4.69, 9.17) is 0 Å². The molecular formula is C10H21N5O. The summed E-state index contributed by atoms with van der Waals surface area (Å²) < 4.78 is 1.72. The molecule has 16 heavy (non-hydrogen) atoms. The molecule has 2 N–H and O–H groups in total. The number of hydrogen-bond acceptors (Lipinski definition) is 5. The van der Waals surface area contributed by atoms with Gasteiger partial charge in [-0.2, -0.15) is 0 Å². The van der Waals surface area contributed by atoms with Gasteiger partial charge in [-0.15, -0.1) is 5.10 Å². The van der Waals surface area contributed by atoms with Gasteiger partial charge in [-0.25, -0.2) is 0 Å². The van der Waals surface area contributed by atoms with Crippen molar-refractivity contribution < 1.29 is 5.11 Å². The number of aromatic nitrogens is 3. The van der Waals surface area contributed by atoms with E-state index in [1.807, 2.05) is 33.0 Å². The largest absolute Gasteiger partial charge is 0.388 e. The fourth-order valence-corrected chi connectivity index (χ4v) is 1.67. The molecule has 0 fully saturated rings. The minimum atomic E-state index is -0.727. The van der Waals surface area contributed by atoms with E-state index in [1.54, 1.807) is 10.9 Å². The van der Waals surface area contributed by atoms with Crippen LogP contribution in [0, 0.1) is 0 Å². The van der Waals surface area contributed by atoms with Gasteiger partial charge in [-0.05, 0) is 21.0 Å². The summed E-state index contributed by atoms with van der Waals surface area (Å²) in [6.07, 6.45) is 1.72. The molecule has 0 amide bonds. The summed E-state index contributed by atoms with van der Waals surface area (Å²) in [7, 11) is 5.74. The van der Waals surface area contributed by atoms with Crippen LogP contribution < -0.4 is 5.32 Å². The van der Waals surface area contributed by atoms with Crippen molar-refractivity contribution in [2.24, 2.45) is 7.05 Å². The maximum atomic E-state index is 10.0. The molecular weight excluding hydrogens is 206 g/mol. The van der Waals surface area contributed by atoms with Crippen molar-refractivity contribution >= 4 is 0 Å². The lowest BCUT2D eigenvalue weighted by Gasteiger charge is -2.27. The van der Waals surface area contributed by atoms with Crippen molar-refractivity contribution in [1.29, 1.82) is 0 Å². The molecule has 1 aromatic rings. The second-order valence-electron chi connectivity index (χ2n) is 4.69. The second-order valence-corrected chi connectivity index (χ2v) is 4.69. The van der Waals surface area contributed by atoms with Crippen LogP contribution in [0.1, 0.15) is 12.6 Å². The smallest absolute Gasteiger partial charge is 0.0869 e. The van der Waals surface area contributed by atoms with Crippen LogP contribution in [0.3, 0.4) is 0 Å². The average molecular weight is 227 g/mol. The lowest BCUT2D eigenvalue weighted by Crippen LogP contribution is -2.45. The zero-order chi connectivity index (χ0) is 12.2. The summed E-state index contributed by atoms with van der Waals surface area (Å²) in [5.74, 6) is 0. The predicted molar refractivity (Wildman–Crippen MR) is 61.9 cm³/mol. The van der Waals surface area contributed by atoms with Gasteiger partial charge >= 0.3 is 0 Å². The fraction of sp³-hybridized carbons (Fsp3) is 0.800. The first-order valence-corrected chi connectivity index (χ1v) is 5.32. The number of rotatable bonds is 6. The Bertz CT molecular complexity index is 321. The molecule has 0 radical (unpaired) electrons. The normalized spacial score (nSPS) is 15.4. The van der Waals surface area contributed by atoms with Gasteiger partial charge in [0.15, 0.2) is 0 Å².